The Hall–Kier alpha value is -1.69. The van der Waals surface area contributed by atoms with Crippen LogP contribution in [0, 0.1) is 15.9 Å². The van der Waals surface area contributed by atoms with Crippen LogP contribution < -0.4 is 0 Å². The van der Waals surface area contributed by atoms with Crippen molar-refractivity contribution in [2.45, 2.75) is 6.42 Å². The van der Waals surface area contributed by atoms with Crippen LogP contribution in [0.3, 0.4) is 0 Å². The third-order valence-corrected chi connectivity index (χ3v) is 1.96. The van der Waals surface area contributed by atoms with Crippen molar-refractivity contribution in [2.75, 3.05) is 0 Å². The minimum absolute atomic E-state index is 0.182. The van der Waals surface area contributed by atoms with E-state index < -0.39 is 28.8 Å². The minimum Gasteiger partial charge on any atom is -0.481 e. The molecule has 15 heavy (non-hydrogen) atoms. The summed E-state index contributed by atoms with van der Waals surface area (Å²) in [7, 11) is 0. The lowest BCUT2D eigenvalue weighted by atomic mass is 10.1. The third kappa shape index (κ3) is 2.63. The molecule has 7 heteroatoms. The average Bonchev–Trinajstić information content (AvgIpc) is 2.09. The molecule has 0 amide bonds. The zero-order valence-corrected chi connectivity index (χ0v) is 7.99. The summed E-state index contributed by atoms with van der Waals surface area (Å²) in [6, 6.07) is 1.56. The maximum atomic E-state index is 13.1. The van der Waals surface area contributed by atoms with Crippen molar-refractivity contribution in [1.29, 1.82) is 0 Å². The minimum atomic E-state index is -1.24. The van der Waals surface area contributed by atoms with Crippen molar-refractivity contribution in [1.82, 2.24) is 0 Å². The lowest BCUT2D eigenvalue weighted by Gasteiger charge is -2.01. The summed E-state index contributed by atoms with van der Waals surface area (Å²) in [5, 5.41) is 18.5. The van der Waals surface area contributed by atoms with E-state index in [1.807, 2.05) is 0 Å². The van der Waals surface area contributed by atoms with E-state index in [0.717, 1.165) is 6.07 Å². The molecule has 0 spiro atoms. The van der Waals surface area contributed by atoms with E-state index in [0.29, 0.717) is 6.07 Å². The average molecular weight is 234 g/mol. The topological polar surface area (TPSA) is 80.4 Å². The zero-order valence-electron chi connectivity index (χ0n) is 7.24. The number of hydrogen-bond acceptors (Lipinski definition) is 3. The van der Waals surface area contributed by atoms with Crippen LogP contribution in [0.2, 0.25) is 5.02 Å². The molecule has 0 aliphatic heterocycles. The van der Waals surface area contributed by atoms with Crippen molar-refractivity contribution in [3.05, 3.63) is 38.7 Å². The fourth-order valence-electron chi connectivity index (χ4n) is 1.02. The Bertz CT molecular complexity index is 435. The number of nitro groups is 1. The van der Waals surface area contributed by atoms with Crippen LogP contribution in [0.25, 0.3) is 0 Å². The molecule has 1 aromatic rings. The van der Waals surface area contributed by atoms with E-state index in [2.05, 4.69) is 0 Å². The first-order valence-corrected chi connectivity index (χ1v) is 4.13. The number of carbonyl (C=O) groups is 1. The molecule has 80 valence electrons. The maximum Gasteiger partial charge on any atom is 0.307 e. The SMILES string of the molecule is O=C(O)Cc1cc(Cl)c([N+](=O)[O-])cc1F. The first kappa shape index (κ1) is 11.4. The van der Waals surface area contributed by atoms with Gasteiger partial charge >= 0.3 is 5.97 Å². The van der Waals surface area contributed by atoms with E-state index in [1.54, 1.807) is 0 Å². The highest BCUT2D eigenvalue weighted by atomic mass is 35.5. The number of hydrogen-bond donors (Lipinski definition) is 1. The Kier molecular flexibility index (Phi) is 3.21. The number of nitro benzene ring substituents is 1. The first-order chi connectivity index (χ1) is 6.91. The number of halogens is 2. The molecule has 0 radical (unpaired) electrons. The van der Waals surface area contributed by atoms with Gasteiger partial charge in [0.1, 0.15) is 10.8 Å². The molecule has 1 N–H and O–H groups in total. The molecule has 0 aliphatic carbocycles. The Labute approximate surface area is 88.2 Å². The second kappa shape index (κ2) is 4.22. The maximum absolute atomic E-state index is 13.1. The Morgan fingerprint density at radius 3 is 2.67 bits per heavy atom. The van der Waals surface area contributed by atoms with Gasteiger partial charge in [0.25, 0.3) is 5.69 Å². The predicted molar refractivity (Wildman–Crippen MR) is 49.4 cm³/mol. The van der Waals surface area contributed by atoms with Gasteiger partial charge in [-0.2, -0.15) is 0 Å². The number of benzene rings is 1. The Morgan fingerprint density at radius 1 is 1.60 bits per heavy atom. The van der Waals surface area contributed by atoms with Crippen molar-refractivity contribution in [2.24, 2.45) is 0 Å². The third-order valence-electron chi connectivity index (χ3n) is 1.65. The molecule has 0 atom stereocenters. The molecule has 1 aromatic carbocycles. The predicted octanol–water partition coefficient (Wildman–Crippen LogP) is 2.01. The van der Waals surface area contributed by atoms with Gasteiger partial charge in [0.2, 0.25) is 0 Å². The quantitative estimate of drug-likeness (QED) is 0.640. The highest BCUT2D eigenvalue weighted by Gasteiger charge is 2.18. The van der Waals surface area contributed by atoms with Gasteiger partial charge in [-0.1, -0.05) is 11.6 Å². The van der Waals surface area contributed by atoms with Crippen molar-refractivity contribution in [3.8, 4) is 0 Å². The van der Waals surface area contributed by atoms with Gasteiger partial charge < -0.3 is 5.11 Å². The van der Waals surface area contributed by atoms with Crippen LogP contribution in [0.1, 0.15) is 5.56 Å². The Balaban J connectivity index is 3.19. The monoisotopic (exact) mass is 233 g/mol. The molecule has 0 unspecified atom stereocenters. The van der Waals surface area contributed by atoms with Gasteiger partial charge in [-0.3, -0.25) is 14.9 Å². The highest BCUT2D eigenvalue weighted by Crippen LogP contribution is 2.27. The van der Waals surface area contributed by atoms with Gasteiger partial charge in [-0.05, 0) is 6.07 Å². The van der Waals surface area contributed by atoms with E-state index >= 15 is 0 Å². The van der Waals surface area contributed by atoms with Gasteiger partial charge in [-0.25, -0.2) is 4.39 Å². The molecule has 5 nitrogen and oxygen atoms in total. The van der Waals surface area contributed by atoms with E-state index in [1.165, 1.54) is 0 Å². The fourth-order valence-corrected chi connectivity index (χ4v) is 1.27. The standard InChI is InChI=1S/C8H5ClFNO4/c9-5-1-4(2-8(12)13)6(10)3-7(5)11(14)15/h1,3H,2H2,(H,12,13). The zero-order chi connectivity index (χ0) is 11.6. The summed E-state index contributed by atoms with van der Waals surface area (Å²) in [6.07, 6.45) is -0.566. The normalized spacial score (nSPS) is 10.0. The van der Waals surface area contributed by atoms with Crippen molar-refractivity contribution < 1.29 is 19.2 Å². The number of aliphatic carboxylic acids is 1. The second-order valence-electron chi connectivity index (χ2n) is 2.72. The highest BCUT2D eigenvalue weighted by molar-refractivity contribution is 6.32. The molecule has 0 saturated carbocycles. The molecule has 0 fully saturated rings. The number of nitrogens with zero attached hydrogens (tertiary/aromatic N) is 1. The number of rotatable bonds is 3. The van der Waals surface area contributed by atoms with Crippen LogP contribution in [-0.2, 0) is 11.2 Å². The molecular formula is C8H5ClFNO4. The summed E-state index contributed by atoms with van der Waals surface area (Å²) in [6.45, 7) is 0. The number of carboxylic acids is 1. The molecule has 0 heterocycles. The van der Waals surface area contributed by atoms with Gasteiger partial charge in [-0.15, -0.1) is 0 Å². The van der Waals surface area contributed by atoms with Gasteiger partial charge in [0.15, 0.2) is 0 Å². The van der Waals surface area contributed by atoms with Gasteiger partial charge in [0, 0.05) is 5.56 Å². The van der Waals surface area contributed by atoms with Gasteiger partial charge in [0.05, 0.1) is 17.4 Å². The van der Waals surface area contributed by atoms with Crippen LogP contribution in [0.4, 0.5) is 10.1 Å². The summed E-state index contributed by atoms with van der Waals surface area (Å²) >= 11 is 5.48. The summed E-state index contributed by atoms with van der Waals surface area (Å²) in [4.78, 5) is 19.8. The summed E-state index contributed by atoms with van der Waals surface area (Å²) in [5.74, 6) is -2.19. The Morgan fingerprint density at radius 2 is 2.20 bits per heavy atom. The molecular weight excluding hydrogens is 229 g/mol. The number of carboxylic acid groups (broad SMARTS) is 1. The van der Waals surface area contributed by atoms with E-state index in [-0.39, 0.29) is 10.6 Å². The first-order valence-electron chi connectivity index (χ1n) is 3.76. The van der Waals surface area contributed by atoms with Crippen LogP contribution in [0.15, 0.2) is 12.1 Å². The fraction of sp³-hybridized carbons (Fsp3) is 0.125. The molecule has 0 bridgehead atoms. The second-order valence-corrected chi connectivity index (χ2v) is 3.13. The molecule has 1 rings (SSSR count). The summed E-state index contributed by atoms with van der Waals surface area (Å²) < 4.78 is 13.1. The molecule has 0 aliphatic rings. The van der Waals surface area contributed by atoms with Crippen molar-refractivity contribution in [3.63, 3.8) is 0 Å². The van der Waals surface area contributed by atoms with Crippen LogP contribution in [0.5, 0.6) is 0 Å². The van der Waals surface area contributed by atoms with Crippen LogP contribution >= 0.6 is 11.6 Å². The van der Waals surface area contributed by atoms with E-state index in [9.17, 15) is 19.3 Å². The molecule has 0 saturated heterocycles. The van der Waals surface area contributed by atoms with E-state index in [4.69, 9.17) is 16.7 Å². The lowest BCUT2D eigenvalue weighted by molar-refractivity contribution is -0.384. The molecule has 0 aromatic heterocycles. The lowest BCUT2D eigenvalue weighted by Crippen LogP contribution is -2.03. The van der Waals surface area contributed by atoms with Crippen LogP contribution in [-0.4, -0.2) is 16.0 Å². The largest absolute Gasteiger partial charge is 0.481 e. The van der Waals surface area contributed by atoms with Crippen molar-refractivity contribution >= 4 is 23.3 Å². The smallest absolute Gasteiger partial charge is 0.307 e. The summed E-state index contributed by atoms with van der Waals surface area (Å²) in [5.41, 5.74) is -0.763.